The van der Waals surface area contributed by atoms with E-state index in [1.807, 2.05) is 66.7 Å². The number of hydrogen-bond donors (Lipinski definition) is 3. The van der Waals surface area contributed by atoms with E-state index in [1.165, 1.54) is 0 Å². The summed E-state index contributed by atoms with van der Waals surface area (Å²) in [6.07, 6.45) is 0. The molecule has 0 fully saturated rings. The van der Waals surface area contributed by atoms with Gasteiger partial charge in [-0.15, -0.1) is 0 Å². The molecule has 5 nitrogen and oxygen atoms in total. The summed E-state index contributed by atoms with van der Waals surface area (Å²) in [7, 11) is 0. The highest BCUT2D eigenvalue weighted by atomic mass is 35.5. The monoisotopic (exact) mass is 379 g/mol. The number of nitrogens with one attached hydrogen (secondary N) is 3. The Morgan fingerprint density at radius 3 is 2.48 bits per heavy atom. The molecule has 4 rings (SSSR count). The van der Waals surface area contributed by atoms with Crippen LogP contribution in [-0.2, 0) is 13.2 Å². The maximum atomic E-state index is 11.4. The first kappa shape index (κ1) is 17.2. The Kier molecular flexibility index (Phi) is 4.85. The number of hydrogen-bond acceptors (Lipinski definition) is 3. The van der Waals surface area contributed by atoms with Crippen molar-refractivity contribution in [3.8, 4) is 5.75 Å². The second-order valence-electron chi connectivity index (χ2n) is 6.18. The molecule has 0 aliphatic heterocycles. The summed E-state index contributed by atoms with van der Waals surface area (Å²) in [5.41, 5.74) is 4.25. The zero-order valence-electron chi connectivity index (χ0n) is 14.5. The Morgan fingerprint density at radius 1 is 0.889 bits per heavy atom. The van der Waals surface area contributed by atoms with Crippen molar-refractivity contribution in [1.82, 2.24) is 9.97 Å². The molecule has 0 radical (unpaired) electrons. The highest BCUT2D eigenvalue weighted by Gasteiger charge is 2.06. The van der Waals surface area contributed by atoms with Gasteiger partial charge in [0.05, 0.1) is 11.0 Å². The molecular weight excluding hydrogens is 362 g/mol. The van der Waals surface area contributed by atoms with Crippen molar-refractivity contribution >= 4 is 28.3 Å². The Balaban J connectivity index is 1.47. The van der Waals surface area contributed by atoms with Gasteiger partial charge in [-0.25, -0.2) is 4.79 Å². The summed E-state index contributed by atoms with van der Waals surface area (Å²) >= 11 is 6.20. The number of anilines is 1. The van der Waals surface area contributed by atoms with E-state index in [4.69, 9.17) is 16.3 Å². The lowest BCUT2D eigenvalue weighted by Crippen LogP contribution is -2.04. The molecule has 0 aliphatic carbocycles. The van der Waals surface area contributed by atoms with E-state index in [0.717, 1.165) is 33.6 Å². The number of benzene rings is 3. The summed E-state index contributed by atoms with van der Waals surface area (Å²) in [4.78, 5) is 16.9. The minimum Gasteiger partial charge on any atom is -0.488 e. The van der Waals surface area contributed by atoms with Gasteiger partial charge in [0.25, 0.3) is 0 Å². The third kappa shape index (κ3) is 3.99. The normalized spacial score (nSPS) is 10.9. The average molecular weight is 380 g/mol. The molecule has 3 N–H and O–H groups in total. The number of imidazole rings is 1. The van der Waals surface area contributed by atoms with Crippen LogP contribution in [0.2, 0.25) is 5.02 Å². The van der Waals surface area contributed by atoms with Gasteiger partial charge < -0.3 is 20.0 Å². The molecule has 0 bridgehead atoms. The van der Waals surface area contributed by atoms with Gasteiger partial charge in [0.15, 0.2) is 0 Å². The highest BCUT2D eigenvalue weighted by Crippen LogP contribution is 2.23. The predicted molar refractivity (Wildman–Crippen MR) is 108 cm³/mol. The number of H-pyrrole nitrogens is 2. The minimum absolute atomic E-state index is 0.208. The molecule has 0 saturated carbocycles. The molecule has 1 aromatic heterocycles. The molecule has 0 spiro atoms. The Hall–Kier alpha value is -3.18. The summed E-state index contributed by atoms with van der Waals surface area (Å²) < 4.78 is 5.99. The third-order valence-electron chi connectivity index (χ3n) is 4.31. The van der Waals surface area contributed by atoms with E-state index in [2.05, 4.69) is 15.3 Å². The summed E-state index contributed by atoms with van der Waals surface area (Å²) in [6.45, 7) is 1.01. The molecule has 27 heavy (non-hydrogen) atoms. The minimum atomic E-state index is -0.208. The third-order valence-corrected chi connectivity index (χ3v) is 4.68. The number of halogens is 1. The van der Waals surface area contributed by atoms with Gasteiger partial charge in [0.2, 0.25) is 0 Å². The highest BCUT2D eigenvalue weighted by molar-refractivity contribution is 6.31. The molecule has 0 amide bonds. The van der Waals surface area contributed by atoms with Crippen LogP contribution in [0.4, 0.5) is 5.69 Å². The van der Waals surface area contributed by atoms with E-state index < -0.39 is 0 Å². The van der Waals surface area contributed by atoms with Gasteiger partial charge in [-0.3, -0.25) is 0 Å². The summed E-state index contributed by atoms with van der Waals surface area (Å²) in [5.74, 6) is 0.807. The number of para-hydroxylation sites is 1. The van der Waals surface area contributed by atoms with Gasteiger partial charge in [-0.05, 0) is 30.3 Å². The molecule has 6 heteroatoms. The van der Waals surface area contributed by atoms with Crippen LogP contribution in [0.25, 0.3) is 11.0 Å². The second kappa shape index (κ2) is 7.60. The van der Waals surface area contributed by atoms with Crippen molar-refractivity contribution in [1.29, 1.82) is 0 Å². The lowest BCUT2D eigenvalue weighted by Gasteiger charge is -2.13. The van der Waals surface area contributed by atoms with Crippen molar-refractivity contribution in [2.75, 3.05) is 5.32 Å². The molecule has 0 atom stereocenters. The molecule has 3 aromatic carbocycles. The van der Waals surface area contributed by atoms with Gasteiger partial charge in [0, 0.05) is 28.4 Å². The Bertz CT molecular complexity index is 1130. The zero-order valence-corrected chi connectivity index (χ0v) is 15.2. The van der Waals surface area contributed by atoms with Crippen LogP contribution in [0.5, 0.6) is 5.75 Å². The quantitative estimate of drug-likeness (QED) is 0.454. The predicted octanol–water partition coefficient (Wildman–Crippen LogP) is 4.70. The van der Waals surface area contributed by atoms with Crippen LogP contribution in [-0.4, -0.2) is 9.97 Å². The molecule has 4 aromatic rings. The van der Waals surface area contributed by atoms with E-state index >= 15 is 0 Å². The van der Waals surface area contributed by atoms with E-state index in [9.17, 15) is 4.79 Å². The van der Waals surface area contributed by atoms with E-state index in [1.54, 1.807) is 0 Å². The zero-order chi connectivity index (χ0) is 18.6. The average Bonchev–Trinajstić information content (AvgIpc) is 3.05. The first-order valence-electron chi connectivity index (χ1n) is 8.59. The van der Waals surface area contributed by atoms with Crippen LogP contribution in [0.1, 0.15) is 11.1 Å². The largest absolute Gasteiger partial charge is 0.488 e. The Morgan fingerprint density at radius 2 is 1.63 bits per heavy atom. The molecule has 136 valence electrons. The van der Waals surface area contributed by atoms with Gasteiger partial charge in [0.1, 0.15) is 12.4 Å². The number of aromatic amines is 2. The second-order valence-corrected chi connectivity index (χ2v) is 6.59. The summed E-state index contributed by atoms with van der Waals surface area (Å²) in [5, 5.41) is 4.07. The number of ether oxygens (including phenoxy) is 1. The topological polar surface area (TPSA) is 69.9 Å². The number of rotatable bonds is 6. The maximum Gasteiger partial charge on any atom is 0.323 e. The molecule has 1 heterocycles. The smallest absolute Gasteiger partial charge is 0.323 e. The first-order valence-corrected chi connectivity index (χ1v) is 8.97. The van der Waals surface area contributed by atoms with Crippen LogP contribution in [0.3, 0.4) is 0 Å². The molecular formula is C21H18ClN3O2. The fourth-order valence-corrected chi connectivity index (χ4v) is 3.09. The maximum absolute atomic E-state index is 11.4. The number of fused-ring (bicyclic) bond motifs is 1. The molecule has 0 unspecified atom stereocenters. The van der Waals surface area contributed by atoms with Crippen molar-refractivity contribution in [2.45, 2.75) is 13.2 Å². The molecule has 0 saturated heterocycles. The van der Waals surface area contributed by atoms with Crippen molar-refractivity contribution in [3.05, 3.63) is 93.4 Å². The fourth-order valence-electron chi connectivity index (χ4n) is 2.90. The van der Waals surface area contributed by atoms with Gasteiger partial charge in [-0.1, -0.05) is 48.0 Å². The lowest BCUT2D eigenvalue weighted by atomic mass is 10.2. The SMILES string of the molecule is O=c1[nH]c2ccc(NCc3ccccc3OCc3ccccc3Cl)cc2[nH]1. The standard InChI is InChI=1S/C21H18ClN3O2/c22-17-7-3-1-6-15(17)13-27-20-8-4-2-5-14(20)12-23-16-9-10-18-19(11-16)25-21(26)24-18/h1-11,23H,12-13H2,(H2,24,25,26). The van der Waals surface area contributed by atoms with Gasteiger partial charge >= 0.3 is 5.69 Å². The summed E-state index contributed by atoms with van der Waals surface area (Å²) in [6, 6.07) is 21.2. The lowest BCUT2D eigenvalue weighted by molar-refractivity contribution is 0.303. The van der Waals surface area contributed by atoms with Crippen molar-refractivity contribution in [2.24, 2.45) is 0 Å². The number of aromatic nitrogens is 2. The van der Waals surface area contributed by atoms with E-state index in [0.29, 0.717) is 18.2 Å². The molecule has 0 aliphatic rings. The Labute approximate surface area is 161 Å². The van der Waals surface area contributed by atoms with Crippen LogP contribution < -0.4 is 15.7 Å². The fraction of sp³-hybridized carbons (Fsp3) is 0.0952. The van der Waals surface area contributed by atoms with Crippen molar-refractivity contribution in [3.63, 3.8) is 0 Å². The van der Waals surface area contributed by atoms with Crippen LogP contribution in [0, 0.1) is 0 Å². The van der Waals surface area contributed by atoms with Gasteiger partial charge in [-0.2, -0.15) is 0 Å². The van der Waals surface area contributed by atoms with Crippen LogP contribution in [0.15, 0.2) is 71.5 Å². The first-order chi connectivity index (χ1) is 13.2. The van der Waals surface area contributed by atoms with Crippen molar-refractivity contribution < 1.29 is 4.74 Å². The van der Waals surface area contributed by atoms with Crippen LogP contribution >= 0.6 is 11.6 Å². The van der Waals surface area contributed by atoms with E-state index in [-0.39, 0.29) is 5.69 Å².